The van der Waals surface area contributed by atoms with E-state index in [1.165, 1.54) is 0 Å². The van der Waals surface area contributed by atoms with Gasteiger partial charge in [-0.15, -0.1) is 23.2 Å². The monoisotopic (exact) mass is 373 g/mol. The van der Waals surface area contributed by atoms with Gasteiger partial charge < -0.3 is 0 Å². The molecule has 0 N–H and O–H groups in total. The Balaban J connectivity index is 0.00000180. The van der Waals surface area contributed by atoms with Crippen molar-refractivity contribution in [2.24, 2.45) is 11.8 Å². The Bertz CT molecular complexity index is 392. The van der Waals surface area contributed by atoms with Crippen molar-refractivity contribution < 1.29 is 9.59 Å². The van der Waals surface area contributed by atoms with E-state index in [0.29, 0.717) is 24.8 Å². The van der Waals surface area contributed by atoms with Crippen molar-refractivity contribution in [3.63, 3.8) is 0 Å². The third-order valence-electron chi connectivity index (χ3n) is 2.93. The van der Waals surface area contributed by atoms with Crippen molar-refractivity contribution in [1.29, 1.82) is 0 Å². The molecule has 0 saturated carbocycles. The largest absolute Gasteiger partial charge is 0.316 e. The third kappa shape index (κ3) is 3.68. The summed E-state index contributed by atoms with van der Waals surface area (Å²) in [6.45, 7) is 0. The standard InChI is InChI=1S/C10H9Cl4NO2S.Mg.2H/c11-9(12)10(13,14)18-15-7(16)5-3-1-2-4-6(5)8(15)17;;;/h1-2,5-6,9H,3-4H2;;;. The van der Waals surface area contributed by atoms with Crippen LogP contribution in [0.25, 0.3) is 0 Å². The van der Waals surface area contributed by atoms with Gasteiger partial charge >= 0.3 is 23.1 Å². The fraction of sp³-hybridized carbons (Fsp3) is 0.600. The third-order valence-corrected chi connectivity index (χ3v) is 6.17. The van der Waals surface area contributed by atoms with Gasteiger partial charge in [-0.2, -0.15) is 0 Å². The summed E-state index contributed by atoms with van der Waals surface area (Å²) in [5.41, 5.74) is 0. The summed E-state index contributed by atoms with van der Waals surface area (Å²) in [6, 6.07) is 0. The summed E-state index contributed by atoms with van der Waals surface area (Å²) < 4.78 is -0.630. The van der Waals surface area contributed by atoms with Crippen LogP contribution in [-0.2, 0) is 9.59 Å². The lowest BCUT2D eigenvalue weighted by atomic mass is 9.85. The molecule has 3 nitrogen and oxygen atoms in total. The summed E-state index contributed by atoms with van der Waals surface area (Å²) in [5, 5.41) is 0. The maximum absolute atomic E-state index is 12.1. The molecule has 0 spiro atoms. The number of imide groups is 1. The van der Waals surface area contributed by atoms with Gasteiger partial charge in [0, 0.05) is 11.9 Å². The van der Waals surface area contributed by atoms with Crippen molar-refractivity contribution >= 4 is 93.2 Å². The van der Waals surface area contributed by atoms with Gasteiger partial charge in [-0.1, -0.05) is 35.4 Å². The molecule has 1 fully saturated rings. The number of amides is 2. The van der Waals surface area contributed by atoms with Crippen molar-refractivity contribution in [3.8, 4) is 0 Å². The van der Waals surface area contributed by atoms with Gasteiger partial charge in [-0.3, -0.25) is 9.59 Å². The molecule has 2 amide bonds. The van der Waals surface area contributed by atoms with Crippen LogP contribution in [0.2, 0.25) is 0 Å². The average Bonchev–Trinajstić information content (AvgIpc) is 2.55. The zero-order chi connectivity index (χ0) is 13.5. The molecule has 2 atom stereocenters. The highest BCUT2D eigenvalue weighted by Crippen LogP contribution is 2.48. The maximum atomic E-state index is 12.1. The molecule has 2 unspecified atom stereocenters. The van der Waals surface area contributed by atoms with E-state index in [4.69, 9.17) is 46.4 Å². The number of hydrogen-bond donors (Lipinski definition) is 0. The van der Waals surface area contributed by atoms with Gasteiger partial charge in [0.15, 0.2) is 4.84 Å². The highest BCUT2D eigenvalue weighted by atomic mass is 35.5. The molecule has 2 rings (SSSR count). The first-order valence-corrected chi connectivity index (χ1v) is 7.62. The summed E-state index contributed by atoms with van der Waals surface area (Å²) in [4.78, 5) is 23.1. The Morgan fingerprint density at radius 2 is 1.58 bits per heavy atom. The van der Waals surface area contributed by atoms with Crippen LogP contribution in [0.4, 0.5) is 0 Å². The van der Waals surface area contributed by atoms with Gasteiger partial charge in [0.25, 0.3) is 0 Å². The number of allylic oxidation sites excluding steroid dienone is 2. The van der Waals surface area contributed by atoms with Crippen molar-refractivity contribution in [2.45, 2.75) is 21.3 Å². The predicted octanol–water partition coefficient (Wildman–Crippen LogP) is 2.60. The highest BCUT2D eigenvalue weighted by molar-refractivity contribution is 8.02. The minimum Gasteiger partial charge on any atom is -0.273 e. The lowest BCUT2D eigenvalue weighted by Crippen LogP contribution is -2.31. The molecule has 0 aromatic rings. The van der Waals surface area contributed by atoms with Crippen LogP contribution in [0, 0.1) is 11.8 Å². The topological polar surface area (TPSA) is 37.4 Å². The first-order valence-electron chi connectivity index (χ1n) is 5.22. The van der Waals surface area contributed by atoms with E-state index in [1.807, 2.05) is 12.2 Å². The number of nitrogens with zero attached hydrogens (tertiary/aromatic N) is 1. The van der Waals surface area contributed by atoms with Crippen LogP contribution in [0.15, 0.2) is 12.2 Å². The molecule has 19 heavy (non-hydrogen) atoms. The SMILES string of the molecule is O=C1C2CC=CCC2C(=O)N1SC(Cl)(Cl)C(Cl)Cl.[MgH2]. The minimum absolute atomic E-state index is 0. The van der Waals surface area contributed by atoms with Crippen LogP contribution >= 0.6 is 58.4 Å². The molecular formula is C10H11Cl4MgNO2S. The van der Waals surface area contributed by atoms with E-state index in [0.717, 1.165) is 4.31 Å². The molecule has 0 bridgehead atoms. The number of halogens is 4. The van der Waals surface area contributed by atoms with Gasteiger partial charge in [0.05, 0.1) is 11.8 Å². The minimum atomic E-state index is -1.63. The zero-order valence-electron chi connectivity index (χ0n) is 8.98. The molecule has 1 heterocycles. The lowest BCUT2D eigenvalue weighted by molar-refractivity contribution is -0.133. The maximum Gasteiger partial charge on any atom is 0.316 e. The van der Waals surface area contributed by atoms with Crippen LogP contribution in [0.3, 0.4) is 0 Å². The van der Waals surface area contributed by atoms with Crippen LogP contribution in [0.1, 0.15) is 12.8 Å². The fourth-order valence-electron chi connectivity index (χ4n) is 2.02. The van der Waals surface area contributed by atoms with Crippen molar-refractivity contribution in [3.05, 3.63) is 12.2 Å². The molecule has 0 aromatic carbocycles. The van der Waals surface area contributed by atoms with Crippen molar-refractivity contribution in [1.82, 2.24) is 4.31 Å². The smallest absolute Gasteiger partial charge is 0.273 e. The lowest BCUT2D eigenvalue weighted by Gasteiger charge is -2.24. The van der Waals surface area contributed by atoms with E-state index in [2.05, 4.69) is 0 Å². The zero-order valence-corrected chi connectivity index (χ0v) is 12.8. The second-order valence-electron chi connectivity index (χ2n) is 4.08. The molecule has 1 aliphatic carbocycles. The fourth-order valence-corrected chi connectivity index (χ4v) is 3.45. The van der Waals surface area contributed by atoms with E-state index >= 15 is 0 Å². The highest BCUT2D eigenvalue weighted by Gasteiger charge is 2.51. The van der Waals surface area contributed by atoms with Crippen LogP contribution < -0.4 is 0 Å². The van der Waals surface area contributed by atoms with Crippen LogP contribution in [-0.4, -0.2) is 47.7 Å². The number of alkyl halides is 4. The second-order valence-corrected chi connectivity index (χ2v) is 8.20. The molecule has 2 aliphatic rings. The van der Waals surface area contributed by atoms with E-state index in [1.54, 1.807) is 0 Å². The Labute approximate surface area is 151 Å². The quantitative estimate of drug-likeness (QED) is 0.250. The van der Waals surface area contributed by atoms with E-state index < -0.39 is 8.50 Å². The number of rotatable bonds is 3. The summed E-state index contributed by atoms with van der Waals surface area (Å²) in [6.07, 6.45) is 4.94. The van der Waals surface area contributed by atoms with Crippen molar-refractivity contribution in [2.75, 3.05) is 0 Å². The summed E-state index contributed by atoms with van der Waals surface area (Å²) in [5.74, 6) is -1.19. The molecule has 0 aromatic heterocycles. The average molecular weight is 375 g/mol. The molecule has 1 aliphatic heterocycles. The first-order chi connectivity index (χ1) is 8.34. The molecule has 104 valence electrons. The molecule has 0 radical (unpaired) electrons. The number of hydrogen-bond acceptors (Lipinski definition) is 3. The molecular weight excluding hydrogens is 364 g/mol. The van der Waals surface area contributed by atoms with E-state index in [9.17, 15) is 9.59 Å². The van der Waals surface area contributed by atoms with Gasteiger partial charge in [0.2, 0.25) is 15.5 Å². The second kappa shape index (κ2) is 6.94. The summed E-state index contributed by atoms with van der Waals surface area (Å²) in [7, 11) is 0. The Morgan fingerprint density at radius 1 is 1.16 bits per heavy atom. The Kier molecular flexibility index (Phi) is 6.65. The Morgan fingerprint density at radius 3 is 1.95 bits per heavy atom. The first kappa shape index (κ1) is 18.2. The van der Waals surface area contributed by atoms with Gasteiger partial charge in [-0.25, -0.2) is 4.31 Å². The van der Waals surface area contributed by atoms with Crippen LogP contribution in [0.5, 0.6) is 0 Å². The molecule has 9 heteroatoms. The normalized spacial score (nSPS) is 26.7. The van der Waals surface area contributed by atoms with Gasteiger partial charge in [0.1, 0.15) is 0 Å². The summed E-state index contributed by atoms with van der Waals surface area (Å²) >= 11 is 23.7. The number of carbonyl (C=O) groups is 2. The predicted molar refractivity (Wildman–Crippen MR) is 83.3 cm³/mol. The van der Waals surface area contributed by atoms with E-state index in [-0.39, 0.29) is 46.7 Å². The molecule has 1 saturated heterocycles. The van der Waals surface area contributed by atoms with Gasteiger partial charge in [-0.05, 0) is 12.8 Å². The number of carbonyl (C=O) groups excluding carboxylic acids is 2. The number of fused-ring (bicyclic) bond motifs is 1. The Hall–Kier alpha value is 1.16.